The van der Waals surface area contributed by atoms with Crippen LogP contribution in [0.5, 0.6) is 11.5 Å². The second kappa shape index (κ2) is 8.86. The number of phenols is 1. The molecule has 0 saturated carbocycles. The Kier molecular flexibility index (Phi) is 6.27. The first-order valence-corrected chi connectivity index (χ1v) is 9.09. The van der Waals surface area contributed by atoms with Crippen LogP contribution in [0.2, 0.25) is 6.32 Å². The second-order valence-corrected chi connectivity index (χ2v) is 6.66. The van der Waals surface area contributed by atoms with Gasteiger partial charge in [-0.1, -0.05) is 0 Å². The molecule has 1 amide bonds. The molecule has 1 saturated heterocycles. The number of nitrogens with zero attached hydrogens (tertiary/aromatic N) is 2. The van der Waals surface area contributed by atoms with Crippen molar-refractivity contribution in [3.05, 3.63) is 41.5 Å². The number of aromatic carboxylic acids is 1. The number of aromatic nitrogens is 2. The standard InChI is InChI=1S/C18H21BN4O6/c1-20-15(12-6-21-9-22-12)17(25)23-7-11(8-23)29-13-3-2-10(4-5-19-28)16(24)14(13)18(26)27/h2-3,6,9,11,15,20,24H,4-5,7-8H2,1H3,(H,21,22)(H,26,27). The average molecular weight is 400 g/mol. The fourth-order valence-corrected chi connectivity index (χ4v) is 3.22. The van der Waals surface area contributed by atoms with Crippen molar-refractivity contribution in [1.82, 2.24) is 20.2 Å². The van der Waals surface area contributed by atoms with Crippen LogP contribution in [0, 0.1) is 0 Å². The van der Waals surface area contributed by atoms with Crippen LogP contribution in [-0.2, 0) is 15.9 Å². The Morgan fingerprint density at radius 3 is 2.79 bits per heavy atom. The van der Waals surface area contributed by atoms with E-state index < -0.39 is 23.9 Å². The molecule has 0 aliphatic carbocycles. The molecule has 1 atom stereocenters. The van der Waals surface area contributed by atoms with Crippen molar-refractivity contribution in [2.75, 3.05) is 20.1 Å². The Hall–Kier alpha value is -3.21. The molecule has 3 rings (SSSR count). The fraction of sp³-hybridized carbons (Fsp3) is 0.389. The predicted molar refractivity (Wildman–Crippen MR) is 101 cm³/mol. The summed E-state index contributed by atoms with van der Waals surface area (Å²) in [5.74, 6) is -1.87. The quantitative estimate of drug-likeness (QED) is 0.442. The van der Waals surface area contributed by atoms with Crippen LogP contribution >= 0.6 is 0 Å². The monoisotopic (exact) mass is 400 g/mol. The molecule has 0 bridgehead atoms. The fourth-order valence-electron chi connectivity index (χ4n) is 3.22. The van der Waals surface area contributed by atoms with E-state index in [1.807, 2.05) is 0 Å². The van der Waals surface area contributed by atoms with E-state index in [1.165, 1.54) is 18.5 Å². The average Bonchev–Trinajstić information content (AvgIpc) is 3.18. The number of benzene rings is 1. The minimum Gasteiger partial charge on any atom is -0.351 e. The van der Waals surface area contributed by atoms with Crippen LogP contribution in [0.15, 0.2) is 24.7 Å². The summed E-state index contributed by atoms with van der Waals surface area (Å²) in [5, 5.41) is 22.6. The van der Waals surface area contributed by atoms with Crippen LogP contribution < -0.4 is 10.1 Å². The third-order valence-corrected chi connectivity index (χ3v) is 4.77. The first-order valence-electron chi connectivity index (χ1n) is 9.09. The van der Waals surface area contributed by atoms with E-state index in [0.717, 1.165) is 0 Å². The smallest absolute Gasteiger partial charge is 0.0923 e. The summed E-state index contributed by atoms with van der Waals surface area (Å²) < 4.78 is 16.3. The van der Waals surface area contributed by atoms with Gasteiger partial charge in [-0.05, 0) is 7.05 Å². The van der Waals surface area contributed by atoms with Crippen molar-refractivity contribution in [2.45, 2.75) is 24.9 Å². The summed E-state index contributed by atoms with van der Waals surface area (Å²) in [7, 11) is 2.37. The van der Waals surface area contributed by atoms with Crippen LogP contribution in [-0.4, -0.2) is 70.3 Å². The van der Waals surface area contributed by atoms with Gasteiger partial charge >= 0.3 is 126 Å². The topological polar surface area (TPSA) is 145 Å². The Morgan fingerprint density at radius 2 is 2.21 bits per heavy atom. The molecule has 0 spiro atoms. The number of aryl methyl sites for hydroxylation is 1. The van der Waals surface area contributed by atoms with E-state index in [2.05, 4.69) is 15.3 Å². The summed E-state index contributed by atoms with van der Waals surface area (Å²) >= 11 is 0. The summed E-state index contributed by atoms with van der Waals surface area (Å²) in [5.41, 5.74) is 0.594. The molecule has 4 N–H and O–H groups in total. The van der Waals surface area contributed by atoms with Gasteiger partial charge in [0.05, 0.1) is 12.0 Å². The zero-order chi connectivity index (χ0) is 21.0. The molecule has 2 heterocycles. The molecule has 1 aliphatic rings. The number of rotatable bonds is 9. The Bertz CT molecular complexity index is 898. The minimum absolute atomic E-state index is 0.0272. The van der Waals surface area contributed by atoms with E-state index >= 15 is 0 Å². The van der Waals surface area contributed by atoms with Gasteiger partial charge in [0.15, 0.2) is 0 Å². The Balaban J connectivity index is 1.66. The van der Waals surface area contributed by atoms with Crippen LogP contribution in [0.4, 0.5) is 0 Å². The molecule has 2 aromatic rings. The van der Waals surface area contributed by atoms with Gasteiger partial charge in [0.25, 0.3) is 0 Å². The van der Waals surface area contributed by atoms with Gasteiger partial charge in [0.1, 0.15) is 0 Å². The van der Waals surface area contributed by atoms with E-state index in [1.54, 1.807) is 18.1 Å². The molecule has 10 nitrogen and oxygen atoms in total. The molecule has 1 aliphatic heterocycles. The number of amides is 1. The van der Waals surface area contributed by atoms with Crippen molar-refractivity contribution in [2.24, 2.45) is 0 Å². The number of imidazole rings is 1. The second-order valence-electron chi connectivity index (χ2n) is 6.66. The number of hydrogen-bond donors (Lipinski definition) is 4. The van der Waals surface area contributed by atoms with Gasteiger partial charge in [-0.3, -0.25) is 0 Å². The number of aromatic hydroxyl groups is 1. The van der Waals surface area contributed by atoms with Crippen molar-refractivity contribution < 1.29 is 29.2 Å². The number of hydrogen-bond acceptors (Lipinski definition) is 7. The zero-order valence-electron chi connectivity index (χ0n) is 15.8. The number of carboxylic acids is 1. The van der Waals surface area contributed by atoms with Crippen molar-refractivity contribution in [3.63, 3.8) is 0 Å². The van der Waals surface area contributed by atoms with E-state index in [4.69, 9.17) is 4.74 Å². The molecular weight excluding hydrogens is 379 g/mol. The molecular formula is C18H21BN4O6. The maximum atomic E-state index is 12.6. The number of H-pyrrole nitrogens is 1. The van der Waals surface area contributed by atoms with Crippen molar-refractivity contribution in [3.8, 4) is 11.5 Å². The van der Waals surface area contributed by atoms with Crippen LogP contribution in [0.25, 0.3) is 0 Å². The Labute approximate surface area is 167 Å². The predicted octanol–water partition coefficient (Wildman–Crippen LogP) is 0.374. The molecule has 1 unspecified atom stereocenters. The van der Waals surface area contributed by atoms with E-state index in [9.17, 15) is 24.5 Å². The molecule has 0 radical (unpaired) electrons. The minimum atomic E-state index is -1.33. The van der Waals surface area contributed by atoms with E-state index in [0.29, 0.717) is 18.4 Å². The first kappa shape index (κ1) is 20.5. The number of nitrogens with one attached hydrogen (secondary N) is 2. The first-order chi connectivity index (χ1) is 14.0. The third-order valence-electron chi connectivity index (χ3n) is 4.77. The van der Waals surface area contributed by atoms with Gasteiger partial charge in [-0.25, -0.2) is 4.98 Å². The normalized spacial score (nSPS) is 14.7. The number of ether oxygens (including phenoxy) is 1. The molecule has 1 aromatic heterocycles. The molecule has 29 heavy (non-hydrogen) atoms. The van der Waals surface area contributed by atoms with Crippen molar-refractivity contribution >= 4 is 19.0 Å². The van der Waals surface area contributed by atoms with Gasteiger partial charge < -0.3 is 10.3 Å². The SMILES string of the molecule is CNC(C(=O)N1CC(Oc2ccc(CCB=O)c(O)c2C(=O)O)C1)c1c[nH]cn1. The zero-order valence-corrected chi connectivity index (χ0v) is 15.8. The number of likely N-dealkylation sites (N-methyl/N-ethyl adjacent to an activating group) is 1. The third kappa shape index (κ3) is 4.29. The molecule has 152 valence electrons. The van der Waals surface area contributed by atoms with Gasteiger partial charge in [0, 0.05) is 6.20 Å². The van der Waals surface area contributed by atoms with Crippen LogP contribution in [0.3, 0.4) is 0 Å². The number of likely N-dealkylation sites (tertiary alicyclic amines) is 1. The number of aromatic amines is 1. The number of carbonyl (C=O) groups excluding carboxylic acids is 1. The van der Waals surface area contributed by atoms with E-state index in [-0.39, 0.29) is 43.1 Å². The summed E-state index contributed by atoms with van der Waals surface area (Å²) in [6, 6.07) is 2.42. The van der Waals surface area contributed by atoms with Gasteiger partial charge in [0.2, 0.25) is 0 Å². The van der Waals surface area contributed by atoms with Gasteiger partial charge in [-0.2, -0.15) is 0 Å². The van der Waals surface area contributed by atoms with Crippen molar-refractivity contribution in [1.29, 1.82) is 0 Å². The summed E-state index contributed by atoms with van der Waals surface area (Å²) in [4.78, 5) is 32.7. The largest absolute Gasteiger partial charge is 0.351 e. The Morgan fingerprint density at radius 1 is 1.45 bits per heavy atom. The maximum Gasteiger partial charge on any atom is 0.0923 e. The summed E-state index contributed by atoms with van der Waals surface area (Å²) in [6.45, 7) is 0.572. The molecule has 1 aromatic carbocycles. The number of carboxylic acid groups (broad SMARTS) is 1. The van der Waals surface area contributed by atoms with Crippen LogP contribution in [0.1, 0.15) is 27.7 Å². The maximum absolute atomic E-state index is 12.6. The summed E-state index contributed by atoms with van der Waals surface area (Å²) in [6.07, 6.45) is 3.15. The molecule has 1 fully saturated rings. The number of carbonyl (C=O) groups is 2. The van der Waals surface area contributed by atoms with Gasteiger partial charge in [-0.15, -0.1) is 0 Å². The molecule has 11 heteroatoms.